The molecule has 0 bridgehead atoms. The molecule has 0 fully saturated rings. The predicted molar refractivity (Wildman–Crippen MR) is 116 cm³/mol. The van der Waals surface area contributed by atoms with E-state index in [-0.39, 0.29) is 19.1 Å². The maximum absolute atomic E-state index is 12.7. The standard InChI is InChI=1S/C22H20Cl2F3N3O2/c1-14-11-20(22(25,26)27)29-30(14)10-2-9-28-21(31)16-5-3-15(4-6-16)13-32-19-8-7-17(23)12-18(19)24/h3-8,11-12H,2,9-10,13H2,1H3,(H,28,31). The van der Waals surface area contributed by atoms with E-state index in [0.29, 0.717) is 40.0 Å². The quantitative estimate of drug-likeness (QED) is 0.403. The molecule has 0 aliphatic rings. The van der Waals surface area contributed by atoms with Crippen LogP contribution >= 0.6 is 23.2 Å². The molecule has 10 heteroatoms. The van der Waals surface area contributed by atoms with E-state index in [2.05, 4.69) is 10.4 Å². The van der Waals surface area contributed by atoms with Gasteiger partial charge in [0, 0.05) is 29.4 Å². The number of amides is 1. The van der Waals surface area contributed by atoms with Crippen molar-refractivity contribution < 1.29 is 22.7 Å². The molecule has 0 aliphatic heterocycles. The number of nitrogens with one attached hydrogen (secondary N) is 1. The molecule has 32 heavy (non-hydrogen) atoms. The van der Waals surface area contributed by atoms with Crippen molar-refractivity contribution in [3.63, 3.8) is 0 Å². The van der Waals surface area contributed by atoms with E-state index in [1.54, 1.807) is 49.4 Å². The first kappa shape index (κ1) is 23.9. The Morgan fingerprint density at radius 1 is 1.12 bits per heavy atom. The normalized spacial score (nSPS) is 11.4. The Morgan fingerprint density at radius 3 is 2.47 bits per heavy atom. The van der Waals surface area contributed by atoms with E-state index in [9.17, 15) is 18.0 Å². The van der Waals surface area contributed by atoms with Crippen LogP contribution < -0.4 is 10.1 Å². The average Bonchev–Trinajstić information content (AvgIpc) is 3.12. The van der Waals surface area contributed by atoms with E-state index in [0.717, 1.165) is 11.6 Å². The fourth-order valence-electron chi connectivity index (χ4n) is 2.91. The van der Waals surface area contributed by atoms with Crippen LogP contribution in [-0.4, -0.2) is 22.2 Å². The van der Waals surface area contributed by atoms with Gasteiger partial charge in [0.15, 0.2) is 5.69 Å². The number of hydrogen-bond acceptors (Lipinski definition) is 3. The largest absolute Gasteiger partial charge is 0.487 e. The number of halogens is 5. The van der Waals surface area contributed by atoms with Crippen molar-refractivity contribution in [2.45, 2.75) is 32.7 Å². The van der Waals surface area contributed by atoms with Crippen LogP contribution in [0.1, 0.15) is 33.7 Å². The van der Waals surface area contributed by atoms with Crippen molar-refractivity contribution >= 4 is 29.1 Å². The number of benzene rings is 2. The lowest BCUT2D eigenvalue weighted by molar-refractivity contribution is -0.141. The highest BCUT2D eigenvalue weighted by molar-refractivity contribution is 6.35. The van der Waals surface area contributed by atoms with Crippen molar-refractivity contribution in [2.24, 2.45) is 0 Å². The van der Waals surface area contributed by atoms with Gasteiger partial charge in [-0.05, 0) is 55.3 Å². The molecule has 0 saturated carbocycles. The van der Waals surface area contributed by atoms with Gasteiger partial charge < -0.3 is 10.1 Å². The van der Waals surface area contributed by atoms with Crippen molar-refractivity contribution in [1.29, 1.82) is 0 Å². The number of carbonyl (C=O) groups is 1. The van der Waals surface area contributed by atoms with Crippen molar-refractivity contribution in [2.75, 3.05) is 6.54 Å². The van der Waals surface area contributed by atoms with Crippen LogP contribution in [0.15, 0.2) is 48.5 Å². The van der Waals surface area contributed by atoms with Gasteiger partial charge >= 0.3 is 6.18 Å². The fraction of sp³-hybridized carbons (Fsp3) is 0.273. The third kappa shape index (κ3) is 6.40. The summed E-state index contributed by atoms with van der Waals surface area (Å²) in [5, 5.41) is 7.25. The summed E-state index contributed by atoms with van der Waals surface area (Å²) in [6.45, 7) is 2.41. The molecule has 170 valence electrons. The summed E-state index contributed by atoms with van der Waals surface area (Å²) in [5.41, 5.74) is 0.817. The lowest BCUT2D eigenvalue weighted by Gasteiger charge is -2.10. The van der Waals surface area contributed by atoms with E-state index < -0.39 is 11.9 Å². The maximum atomic E-state index is 12.7. The minimum Gasteiger partial charge on any atom is -0.487 e. The second kappa shape index (κ2) is 10.3. The molecule has 0 atom stereocenters. The van der Waals surface area contributed by atoms with Crippen molar-refractivity contribution in [1.82, 2.24) is 15.1 Å². The first-order chi connectivity index (χ1) is 15.1. The topological polar surface area (TPSA) is 56.2 Å². The highest BCUT2D eigenvalue weighted by Crippen LogP contribution is 2.29. The minimum atomic E-state index is -4.47. The molecule has 1 aromatic heterocycles. The van der Waals surface area contributed by atoms with Gasteiger partial charge in [-0.2, -0.15) is 18.3 Å². The fourth-order valence-corrected chi connectivity index (χ4v) is 3.38. The van der Waals surface area contributed by atoms with Crippen LogP contribution in [0.3, 0.4) is 0 Å². The van der Waals surface area contributed by atoms with Gasteiger partial charge in [0.25, 0.3) is 5.91 Å². The van der Waals surface area contributed by atoms with Crippen LogP contribution in [0.25, 0.3) is 0 Å². The SMILES string of the molecule is Cc1cc(C(F)(F)F)nn1CCCNC(=O)c1ccc(COc2ccc(Cl)cc2Cl)cc1. The summed E-state index contributed by atoms with van der Waals surface area (Å²) in [5.74, 6) is 0.235. The van der Waals surface area contributed by atoms with Crippen LogP contribution in [0, 0.1) is 6.92 Å². The van der Waals surface area contributed by atoms with Gasteiger partial charge in [-0.15, -0.1) is 0 Å². The maximum Gasteiger partial charge on any atom is 0.435 e. The molecule has 1 amide bonds. The molecule has 3 aromatic rings. The summed E-state index contributed by atoms with van der Waals surface area (Å²) in [7, 11) is 0. The Hall–Kier alpha value is -2.71. The zero-order valence-corrected chi connectivity index (χ0v) is 18.6. The van der Waals surface area contributed by atoms with Gasteiger partial charge in [0.05, 0.1) is 5.02 Å². The zero-order valence-electron chi connectivity index (χ0n) is 17.0. The molecule has 0 unspecified atom stereocenters. The van der Waals surface area contributed by atoms with Gasteiger partial charge in [-0.3, -0.25) is 9.48 Å². The molecule has 5 nitrogen and oxygen atoms in total. The van der Waals surface area contributed by atoms with E-state index in [4.69, 9.17) is 27.9 Å². The number of aryl methyl sites for hydroxylation is 2. The first-order valence-electron chi connectivity index (χ1n) is 9.70. The predicted octanol–water partition coefficient (Wildman–Crippen LogP) is 5.92. The van der Waals surface area contributed by atoms with Gasteiger partial charge in [0.2, 0.25) is 0 Å². The molecular weight excluding hydrogens is 466 g/mol. The lowest BCUT2D eigenvalue weighted by Crippen LogP contribution is -2.25. The number of hydrogen-bond donors (Lipinski definition) is 1. The second-order valence-corrected chi connectivity index (χ2v) is 7.91. The zero-order chi connectivity index (χ0) is 23.3. The summed E-state index contributed by atoms with van der Waals surface area (Å²) in [6.07, 6.45) is -4.03. The van der Waals surface area contributed by atoms with E-state index >= 15 is 0 Å². The van der Waals surface area contributed by atoms with Crippen LogP contribution in [0.5, 0.6) is 5.75 Å². The number of alkyl halides is 3. The van der Waals surface area contributed by atoms with Gasteiger partial charge in [-0.25, -0.2) is 0 Å². The number of nitrogens with zero attached hydrogens (tertiary/aromatic N) is 2. The molecule has 3 rings (SSSR count). The molecule has 0 aliphatic carbocycles. The molecule has 2 aromatic carbocycles. The van der Waals surface area contributed by atoms with E-state index in [1.165, 1.54) is 4.68 Å². The Labute approximate surface area is 193 Å². The Balaban J connectivity index is 1.45. The molecule has 0 radical (unpaired) electrons. The minimum absolute atomic E-state index is 0.270. The molecular formula is C22H20Cl2F3N3O2. The van der Waals surface area contributed by atoms with Crippen LogP contribution in [0.2, 0.25) is 10.0 Å². The average molecular weight is 486 g/mol. The Bertz CT molecular complexity index is 1080. The van der Waals surface area contributed by atoms with Crippen molar-refractivity contribution in [3.8, 4) is 5.75 Å². The summed E-state index contributed by atoms with van der Waals surface area (Å²) < 4.78 is 45.1. The summed E-state index contributed by atoms with van der Waals surface area (Å²) in [6, 6.07) is 12.8. The monoisotopic (exact) mass is 485 g/mol. The number of aromatic nitrogens is 2. The summed E-state index contributed by atoms with van der Waals surface area (Å²) in [4.78, 5) is 12.3. The van der Waals surface area contributed by atoms with Crippen LogP contribution in [0.4, 0.5) is 13.2 Å². The second-order valence-electron chi connectivity index (χ2n) is 7.06. The first-order valence-corrected chi connectivity index (χ1v) is 10.5. The summed E-state index contributed by atoms with van der Waals surface area (Å²) >= 11 is 11.9. The number of ether oxygens (including phenoxy) is 1. The highest BCUT2D eigenvalue weighted by Gasteiger charge is 2.34. The third-order valence-corrected chi connectivity index (χ3v) is 5.14. The molecule has 1 N–H and O–H groups in total. The smallest absolute Gasteiger partial charge is 0.435 e. The van der Waals surface area contributed by atoms with E-state index in [1.807, 2.05) is 0 Å². The third-order valence-electron chi connectivity index (χ3n) is 4.61. The molecule has 0 saturated heterocycles. The Morgan fingerprint density at radius 2 is 1.84 bits per heavy atom. The molecule has 0 spiro atoms. The number of carbonyl (C=O) groups excluding carboxylic acids is 1. The number of rotatable bonds is 8. The lowest BCUT2D eigenvalue weighted by atomic mass is 10.1. The van der Waals surface area contributed by atoms with Gasteiger partial charge in [0.1, 0.15) is 12.4 Å². The Kier molecular flexibility index (Phi) is 7.69. The van der Waals surface area contributed by atoms with Gasteiger partial charge in [-0.1, -0.05) is 35.3 Å². The van der Waals surface area contributed by atoms with Crippen molar-refractivity contribution in [3.05, 3.63) is 81.1 Å². The highest BCUT2D eigenvalue weighted by atomic mass is 35.5. The van der Waals surface area contributed by atoms with Crippen LogP contribution in [-0.2, 0) is 19.3 Å². The molecule has 1 heterocycles.